The molecule has 0 aliphatic heterocycles. The molecule has 1 atom stereocenters. The highest BCUT2D eigenvalue weighted by Gasteiger charge is 2.05. The van der Waals surface area contributed by atoms with Crippen LogP contribution >= 0.6 is 24.0 Å². The van der Waals surface area contributed by atoms with Crippen molar-refractivity contribution in [2.24, 2.45) is 10.7 Å². The molecule has 1 amide bonds. The van der Waals surface area contributed by atoms with E-state index in [1.807, 2.05) is 30.3 Å². The molecule has 6 nitrogen and oxygen atoms in total. The van der Waals surface area contributed by atoms with E-state index in [1.165, 1.54) is 5.56 Å². The molecule has 0 spiro atoms. The van der Waals surface area contributed by atoms with Crippen molar-refractivity contribution in [3.8, 4) is 0 Å². The van der Waals surface area contributed by atoms with Crippen LogP contribution < -0.4 is 16.4 Å². The first-order valence-electron chi connectivity index (χ1n) is 9.10. The molecule has 7 heteroatoms. The minimum absolute atomic E-state index is 0. The number of aliphatic imine (C=N–C) groups is 1. The summed E-state index contributed by atoms with van der Waals surface area (Å²) in [5, 5.41) is 6.48. The Kier molecular flexibility index (Phi) is 11.2. The van der Waals surface area contributed by atoms with Crippen molar-refractivity contribution in [2.45, 2.75) is 26.0 Å². The van der Waals surface area contributed by atoms with Crippen LogP contribution in [0.4, 0.5) is 0 Å². The van der Waals surface area contributed by atoms with E-state index in [1.54, 1.807) is 19.2 Å². The molecule has 1 unspecified atom stereocenters. The van der Waals surface area contributed by atoms with Gasteiger partial charge in [0, 0.05) is 32.3 Å². The van der Waals surface area contributed by atoms with Crippen LogP contribution in [-0.4, -0.2) is 32.1 Å². The number of primary amides is 1. The molecule has 0 heterocycles. The third-order valence-corrected chi connectivity index (χ3v) is 4.15. The number of carbonyl (C=O) groups is 1. The largest absolute Gasteiger partial charge is 0.374 e. The summed E-state index contributed by atoms with van der Waals surface area (Å²) in [5.74, 6) is 0.277. The van der Waals surface area contributed by atoms with Gasteiger partial charge in [-0.2, -0.15) is 0 Å². The topological polar surface area (TPSA) is 88.7 Å². The molecule has 0 saturated heterocycles. The van der Waals surface area contributed by atoms with Gasteiger partial charge in [0.15, 0.2) is 5.96 Å². The number of nitrogens with two attached hydrogens (primary N) is 1. The molecule has 2 rings (SSSR count). The van der Waals surface area contributed by atoms with Gasteiger partial charge in [-0.1, -0.05) is 42.5 Å². The standard InChI is InChI=1S/C21H28N4O2.HI/c1-16(18-9-4-3-5-10-18)27-13-7-12-24-21(23-2)25-15-17-8-6-11-19(14-17)20(22)26;/h3-6,8-11,14,16H,7,12-13,15H2,1-2H3,(H2,22,26)(H2,23,24,25);1H. The number of nitrogens with one attached hydrogen (secondary N) is 2. The summed E-state index contributed by atoms with van der Waals surface area (Å²) in [6.45, 7) is 4.04. The van der Waals surface area contributed by atoms with Crippen LogP contribution in [0.5, 0.6) is 0 Å². The van der Waals surface area contributed by atoms with Gasteiger partial charge in [-0.05, 0) is 36.6 Å². The van der Waals surface area contributed by atoms with Gasteiger partial charge < -0.3 is 21.1 Å². The predicted molar refractivity (Wildman–Crippen MR) is 124 cm³/mol. The SMILES string of the molecule is CN=C(NCCCOC(C)c1ccccc1)NCc1cccc(C(N)=O)c1.I. The highest BCUT2D eigenvalue weighted by molar-refractivity contribution is 14.0. The summed E-state index contributed by atoms with van der Waals surface area (Å²) in [4.78, 5) is 15.4. The molecule has 0 aromatic heterocycles. The molecule has 28 heavy (non-hydrogen) atoms. The van der Waals surface area contributed by atoms with Crippen LogP contribution in [-0.2, 0) is 11.3 Å². The second-order valence-electron chi connectivity index (χ2n) is 6.19. The molecule has 0 aliphatic carbocycles. The summed E-state index contributed by atoms with van der Waals surface area (Å²) in [6, 6.07) is 17.4. The van der Waals surface area contributed by atoms with Crippen LogP contribution in [0.1, 0.15) is 40.9 Å². The number of ether oxygens (including phenoxy) is 1. The fourth-order valence-corrected chi connectivity index (χ4v) is 2.60. The molecule has 0 bridgehead atoms. The zero-order valence-electron chi connectivity index (χ0n) is 16.4. The van der Waals surface area contributed by atoms with E-state index in [-0.39, 0.29) is 30.1 Å². The zero-order chi connectivity index (χ0) is 19.5. The summed E-state index contributed by atoms with van der Waals surface area (Å²) >= 11 is 0. The lowest BCUT2D eigenvalue weighted by molar-refractivity contribution is 0.0646. The van der Waals surface area contributed by atoms with E-state index in [0.29, 0.717) is 24.7 Å². The van der Waals surface area contributed by atoms with Crippen molar-refractivity contribution < 1.29 is 9.53 Å². The average Bonchev–Trinajstić information content (AvgIpc) is 2.70. The Morgan fingerprint density at radius 2 is 1.89 bits per heavy atom. The van der Waals surface area contributed by atoms with Crippen molar-refractivity contribution in [3.63, 3.8) is 0 Å². The average molecular weight is 496 g/mol. The van der Waals surface area contributed by atoms with Gasteiger partial charge in [-0.3, -0.25) is 9.79 Å². The van der Waals surface area contributed by atoms with Gasteiger partial charge in [0.25, 0.3) is 0 Å². The summed E-state index contributed by atoms with van der Waals surface area (Å²) < 4.78 is 5.86. The molecule has 0 fully saturated rings. The monoisotopic (exact) mass is 496 g/mol. The van der Waals surface area contributed by atoms with E-state index in [2.05, 4.69) is 34.7 Å². The minimum Gasteiger partial charge on any atom is -0.374 e. The minimum atomic E-state index is -0.427. The van der Waals surface area contributed by atoms with Gasteiger partial charge in [0.1, 0.15) is 0 Å². The van der Waals surface area contributed by atoms with Crippen molar-refractivity contribution in [2.75, 3.05) is 20.2 Å². The van der Waals surface area contributed by atoms with Gasteiger partial charge in [0.05, 0.1) is 6.10 Å². The highest BCUT2D eigenvalue weighted by Crippen LogP contribution is 2.15. The van der Waals surface area contributed by atoms with Crippen molar-refractivity contribution in [1.82, 2.24) is 10.6 Å². The zero-order valence-corrected chi connectivity index (χ0v) is 18.7. The van der Waals surface area contributed by atoms with E-state index in [4.69, 9.17) is 10.5 Å². The van der Waals surface area contributed by atoms with Crippen molar-refractivity contribution in [3.05, 3.63) is 71.3 Å². The van der Waals surface area contributed by atoms with Gasteiger partial charge in [-0.15, -0.1) is 24.0 Å². The number of benzene rings is 2. The van der Waals surface area contributed by atoms with Crippen molar-refractivity contribution >= 4 is 35.8 Å². The Morgan fingerprint density at radius 3 is 2.57 bits per heavy atom. The third kappa shape index (κ3) is 8.26. The van der Waals surface area contributed by atoms with Crippen LogP contribution in [0.15, 0.2) is 59.6 Å². The first-order valence-corrected chi connectivity index (χ1v) is 9.10. The maximum Gasteiger partial charge on any atom is 0.248 e. The number of hydrogen-bond donors (Lipinski definition) is 3. The Bertz CT molecular complexity index is 753. The number of amides is 1. The summed E-state index contributed by atoms with van der Waals surface area (Å²) in [6.07, 6.45) is 0.954. The number of hydrogen-bond acceptors (Lipinski definition) is 3. The fourth-order valence-electron chi connectivity index (χ4n) is 2.60. The first-order chi connectivity index (χ1) is 13.1. The Hall–Kier alpha value is -2.13. The van der Waals surface area contributed by atoms with Gasteiger partial charge in [-0.25, -0.2) is 0 Å². The molecule has 152 valence electrons. The molecular weight excluding hydrogens is 467 g/mol. The van der Waals surface area contributed by atoms with Crippen LogP contribution in [0.2, 0.25) is 0 Å². The van der Waals surface area contributed by atoms with Crippen LogP contribution in [0.3, 0.4) is 0 Å². The molecule has 4 N–H and O–H groups in total. The van der Waals surface area contributed by atoms with Crippen LogP contribution in [0.25, 0.3) is 0 Å². The Morgan fingerprint density at radius 1 is 1.14 bits per heavy atom. The van der Waals surface area contributed by atoms with E-state index >= 15 is 0 Å². The quantitative estimate of drug-likeness (QED) is 0.215. The lowest BCUT2D eigenvalue weighted by atomic mass is 10.1. The number of guanidine groups is 1. The Labute approximate surface area is 184 Å². The van der Waals surface area contributed by atoms with E-state index in [9.17, 15) is 4.79 Å². The van der Waals surface area contributed by atoms with E-state index < -0.39 is 5.91 Å². The fraction of sp³-hybridized carbons (Fsp3) is 0.333. The first kappa shape index (κ1) is 23.9. The molecule has 0 saturated carbocycles. The molecule has 2 aromatic rings. The molecule has 0 radical (unpaired) electrons. The third-order valence-electron chi connectivity index (χ3n) is 4.15. The molecular formula is C21H29IN4O2. The van der Waals surface area contributed by atoms with Crippen LogP contribution in [0, 0.1) is 0 Å². The smallest absolute Gasteiger partial charge is 0.248 e. The second-order valence-corrected chi connectivity index (χ2v) is 6.19. The van der Waals surface area contributed by atoms with Crippen molar-refractivity contribution in [1.29, 1.82) is 0 Å². The number of nitrogens with zero attached hydrogens (tertiary/aromatic N) is 1. The van der Waals surface area contributed by atoms with E-state index in [0.717, 1.165) is 18.5 Å². The second kappa shape index (κ2) is 13.1. The molecule has 2 aromatic carbocycles. The summed E-state index contributed by atoms with van der Waals surface area (Å²) in [7, 11) is 1.73. The number of carbonyl (C=O) groups excluding carboxylic acids is 1. The Balaban J connectivity index is 0.00000392. The highest BCUT2D eigenvalue weighted by atomic mass is 127. The molecule has 0 aliphatic rings. The summed E-state index contributed by atoms with van der Waals surface area (Å²) in [5.41, 5.74) is 7.96. The maximum absolute atomic E-state index is 11.2. The number of rotatable bonds is 9. The lowest BCUT2D eigenvalue weighted by Crippen LogP contribution is -2.37. The normalized spacial score (nSPS) is 12.0. The van der Waals surface area contributed by atoms with Gasteiger partial charge >= 0.3 is 0 Å². The number of halogens is 1. The lowest BCUT2D eigenvalue weighted by Gasteiger charge is -2.15. The predicted octanol–water partition coefficient (Wildman–Crippen LogP) is 3.24. The van der Waals surface area contributed by atoms with Gasteiger partial charge in [0.2, 0.25) is 5.91 Å². The maximum atomic E-state index is 11.2.